The van der Waals surface area contributed by atoms with Crippen molar-refractivity contribution in [2.45, 2.75) is 46.6 Å². The Balaban J connectivity index is 2.32. The molecule has 0 aliphatic carbocycles. The zero-order valence-corrected chi connectivity index (χ0v) is 18.4. The van der Waals surface area contributed by atoms with E-state index in [2.05, 4.69) is 36.0 Å². The molecular formula is C22H35N3O3. The fourth-order valence-corrected chi connectivity index (χ4v) is 3.57. The number of hydrogen-bond acceptors (Lipinski definition) is 6. The first-order valence-electron chi connectivity index (χ1n) is 10.1. The van der Waals surface area contributed by atoms with E-state index >= 15 is 0 Å². The molecular weight excluding hydrogens is 354 g/mol. The van der Waals surface area contributed by atoms with Crippen LogP contribution in [0.5, 0.6) is 17.2 Å². The summed E-state index contributed by atoms with van der Waals surface area (Å²) < 4.78 is 17.0. The zero-order chi connectivity index (χ0) is 20.7. The number of ether oxygens (including phenoxy) is 3. The monoisotopic (exact) mass is 389 g/mol. The fourth-order valence-electron chi connectivity index (χ4n) is 3.57. The van der Waals surface area contributed by atoms with Crippen molar-refractivity contribution in [1.29, 1.82) is 0 Å². The fraction of sp³-hybridized carbons (Fsp3) is 0.591. The molecule has 0 fully saturated rings. The molecule has 0 saturated carbocycles. The Morgan fingerprint density at radius 2 is 1.71 bits per heavy atom. The van der Waals surface area contributed by atoms with E-state index in [0.717, 1.165) is 66.3 Å². The predicted molar refractivity (Wildman–Crippen MR) is 116 cm³/mol. The van der Waals surface area contributed by atoms with E-state index in [0.29, 0.717) is 11.8 Å². The molecule has 1 N–H and O–H groups in total. The van der Waals surface area contributed by atoms with E-state index in [-0.39, 0.29) is 0 Å². The number of aryl methyl sites for hydroxylation is 1. The average molecular weight is 390 g/mol. The Morgan fingerprint density at radius 3 is 2.29 bits per heavy atom. The molecule has 2 aromatic rings. The maximum atomic E-state index is 5.77. The van der Waals surface area contributed by atoms with Crippen molar-refractivity contribution in [3.05, 3.63) is 17.8 Å². The van der Waals surface area contributed by atoms with Crippen LogP contribution in [0.3, 0.4) is 0 Å². The maximum absolute atomic E-state index is 5.77. The van der Waals surface area contributed by atoms with Gasteiger partial charge >= 0.3 is 0 Å². The van der Waals surface area contributed by atoms with Gasteiger partial charge in [-0.1, -0.05) is 13.8 Å². The topological polar surface area (TPSA) is 55.9 Å². The lowest BCUT2D eigenvalue weighted by molar-refractivity contribution is 0.295. The van der Waals surface area contributed by atoms with Crippen molar-refractivity contribution in [2.24, 2.45) is 0 Å². The van der Waals surface area contributed by atoms with Crippen LogP contribution in [0.4, 0.5) is 5.69 Å². The molecule has 0 aliphatic rings. The van der Waals surface area contributed by atoms with Gasteiger partial charge in [0.15, 0.2) is 5.75 Å². The van der Waals surface area contributed by atoms with Crippen molar-refractivity contribution in [1.82, 2.24) is 9.88 Å². The second-order valence-corrected chi connectivity index (χ2v) is 7.06. The lowest BCUT2D eigenvalue weighted by atomic mass is 10.1. The van der Waals surface area contributed by atoms with Crippen molar-refractivity contribution < 1.29 is 14.2 Å². The summed E-state index contributed by atoms with van der Waals surface area (Å²) in [5, 5.41) is 4.42. The first kappa shape index (κ1) is 22.1. The molecule has 1 heterocycles. The number of nitrogens with zero attached hydrogens (tertiary/aromatic N) is 2. The van der Waals surface area contributed by atoms with Gasteiger partial charge in [0.05, 0.1) is 32.4 Å². The first-order valence-corrected chi connectivity index (χ1v) is 10.1. The molecule has 0 bridgehead atoms. The van der Waals surface area contributed by atoms with E-state index < -0.39 is 0 Å². The number of aromatic nitrogens is 1. The van der Waals surface area contributed by atoms with E-state index in [1.807, 2.05) is 19.1 Å². The van der Waals surface area contributed by atoms with Gasteiger partial charge in [-0.15, -0.1) is 0 Å². The van der Waals surface area contributed by atoms with Crippen LogP contribution >= 0.6 is 0 Å². The van der Waals surface area contributed by atoms with Crippen LogP contribution in [-0.2, 0) is 0 Å². The first-order chi connectivity index (χ1) is 13.5. The number of anilines is 1. The predicted octanol–water partition coefficient (Wildman–Crippen LogP) is 4.49. The highest BCUT2D eigenvalue weighted by Crippen LogP contribution is 2.44. The molecule has 2 rings (SSSR count). The summed E-state index contributed by atoms with van der Waals surface area (Å²) in [5.41, 5.74) is 2.51. The van der Waals surface area contributed by atoms with Crippen molar-refractivity contribution in [2.75, 3.05) is 46.3 Å². The molecule has 1 aromatic carbocycles. The minimum atomic E-state index is 0.302. The summed E-state index contributed by atoms with van der Waals surface area (Å²) in [4.78, 5) is 7.10. The molecule has 0 saturated heterocycles. The molecule has 0 amide bonds. The number of rotatable bonds is 11. The second-order valence-electron chi connectivity index (χ2n) is 7.06. The lowest BCUT2D eigenvalue weighted by Crippen LogP contribution is -2.25. The van der Waals surface area contributed by atoms with Gasteiger partial charge in [0.2, 0.25) is 0 Å². The molecule has 1 aromatic heterocycles. The second kappa shape index (κ2) is 10.4. The molecule has 1 atom stereocenters. The molecule has 28 heavy (non-hydrogen) atoms. The maximum Gasteiger partial charge on any atom is 0.155 e. The third kappa shape index (κ3) is 4.98. The normalized spacial score (nSPS) is 12.3. The van der Waals surface area contributed by atoms with E-state index in [9.17, 15) is 0 Å². The smallest absolute Gasteiger partial charge is 0.155 e. The molecule has 0 spiro atoms. The summed E-state index contributed by atoms with van der Waals surface area (Å²) in [6, 6.07) is 4.19. The number of nitrogens with one attached hydrogen (secondary N) is 1. The molecule has 0 radical (unpaired) electrons. The highest BCUT2D eigenvalue weighted by molar-refractivity contribution is 6.00. The van der Waals surface area contributed by atoms with Gasteiger partial charge in [-0.05, 0) is 46.3 Å². The van der Waals surface area contributed by atoms with Crippen molar-refractivity contribution in [3.8, 4) is 17.2 Å². The van der Waals surface area contributed by atoms with Crippen LogP contribution in [0.1, 0.15) is 39.3 Å². The molecule has 0 unspecified atom stereocenters. The number of pyridine rings is 1. The third-order valence-corrected chi connectivity index (χ3v) is 5.14. The van der Waals surface area contributed by atoms with Gasteiger partial charge in [-0.25, -0.2) is 4.98 Å². The van der Waals surface area contributed by atoms with Crippen LogP contribution in [0.15, 0.2) is 12.1 Å². The highest BCUT2D eigenvalue weighted by atomic mass is 16.5. The Kier molecular flexibility index (Phi) is 8.18. The van der Waals surface area contributed by atoms with Crippen molar-refractivity contribution >= 4 is 16.6 Å². The Hall–Kier alpha value is -2.21. The van der Waals surface area contributed by atoms with Crippen LogP contribution in [0.25, 0.3) is 10.9 Å². The van der Waals surface area contributed by atoms with Gasteiger partial charge in [0.1, 0.15) is 17.0 Å². The van der Waals surface area contributed by atoms with Gasteiger partial charge in [0.25, 0.3) is 0 Å². The van der Waals surface area contributed by atoms with Crippen LogP contribution in [-0.4, -0.2) is 56.9 Å². The minimum absolute atomic E-state index is 0.302. The van der Waals surface area contributed by atoms with Gasteiger partial charge in [-0.3, -0.25) is 0 Å². The SMILES string of the molecule is CCN(CC)CCC[C@H](C)Nc1cc(OC)c2nc(C)cc(OC)c2c1OC. The van der Waals surface area contributed by atoms with Gasteiger partial charge in [-0.2, -0.15) is 0 Å². The van der Waals surface area contributed by atoms with E-state index in [1.165, 1.54) is 0 Å². The summed E-state index contributed by atoms with van der Waals surface area (Å²) in [6.45, 7) is 11.9. The number of hydrogen-bond donors (Lipinski definition) is 1. The minimum Gasteiger partial charge on any atom is -0.496 e. The van der Waals surface area contributed by atoms with Crippen LogP contribution in [0.2, 0.25) is 0 Å². The summed E-state index contributed by atoms with van der Waals surface area (Å²) in [5.74, 6) is 2.17. The Bertz CT molecular complexity index is 775. The van der Waals surface area contributed by atoms with Crippen LogP contribution in [0, 0.1) is 6.92 Å². The van der Waals surface area contributed by atoms with E-state index in [4.69, 9.17) is 14.2 Å². The average Bonchev–Trinajstić information content (AvgIpc) is 2.70. The summed E-state index contributed by atoms with van der Waals surface area (Å²) in [6.07, 6.45) is 2.22. The van der Waals surface area contributed by atoms with E-state index in [1.54, 1.807) is 21.3 Å². The zero-order valence-electron chi connectivity index (χ0n) is 18.4. The number of benzene rings is 1. The molecule has 156 valence electrons. The van der Waals surface area contributed by atoms with Gasteiger partial charge < -0.3 is 24.4 Å². The van der Waals surface area contributed by atoms with Gasteiger partial charge in [0, 0.05) is 23.9 Å². The largest absolute Gasteiger partial charge is 0.496 e. The standard InChI is InChI=1S/C22H35N3O3/c1-8-25(9-2)12-10-11-15(3)23-17-14-19(27-6)21-20(22(17)28-7)18(26-5)13-16(4)24-21/h13-15,23H,8-12H2,1-7H3/t15-/m0/s1. The number of methoxy groups -OCH3 is 3. The summed E-state index contributed by atoms with van der Waals surface area (Å²) >= 11 is 0. The molecule has 0 aliphatic heterocycles. The van der Waals surface area contributed by atoms with Crippen molar-refractivity contribution in [3.63, 3.8) is 0 Å². The highest BCUT2D eigenvalue weighted by Gasteiger charge is 2.20. The molecule has 6 heteroatoms. The third-order valence-electron chi connectivity index (χ3n) is 5.14. The number of fused-ring (bicyclic) bond motifs is 1. The molecule has 6 nitrogen and oxygen atoms in total. The quantitative estimate of drug-likeness (QED) is 0.611. The Labute approximate surface area is 169 Å². The Morgan fingerprint density at radius 1 is 1.04 bits per heavy atom. The summed E-state index contributed by atoms with van der Waals surface area (Å²) in [7, 11) is 5.00. The van der Waals surface area contributed by atoms with Crippen LogP contribution < -0.4 is 19.5 Å². The lowest BCUT2D eigenvalue weighted by Gasteiger charge is -2.22.